The van der Waals surface area contributed by atoms with Gasteiger partial charge in [-0.1, -0.05) is 0 Å². The van der Waals surface area contributed by atoms with Crippen LogP contribution in [0.25, 0.3) is 0 Å². The molecule has 1 N–H and O–H groups in total. The number of urea groups is 1. The van der Waals surface area contributed by atoms with Gasteiger partial charge in [-0.05, 0) is 13.8 Å². The highest BCUT2D eigenvalue weighted by molar-refractivity contribution is 7.11. The number of carbonyl (C=O) groups excluding carboxylic acids is 1. The van der Waals surface area contributed by atoms with E-state index in [9.17, 15) is 4.79 Å². The molecule has 2 amide bonds. The first-order valence-corrected chi connectivity index (χ1v) is 5.85. The quantitative estimate of drug-likeness (QED) is 0.850. The van der Waals surface area contributed by atoms with Crippen molar-refractivity contribution < 1.29 is 4.79 Å². The summed E-state index contributed by atoms with van der Waals surface area (Å²) in [4.78, 5) is 18.5. The first kappa shape index (κ1) is 12.0. The van der Waals surface area contributed by atoms with Gasteiger partial charge in [-0.2, -0.15) is 0 Å². The zero-order chi connectivity index (χ0) is 11.3. The number of hydrogen-bond acceptors (Lipinski definition) is 3. The van der Waals surface area contributed by atoms with Crippen molar-refractivity contribution in [2.45, 2.75) is 20.3 Å². The Bertz CT molecular complexity index is 324. The molecule has 0 bridgehead atoms. The molecule has 84 valence electrons. The molecule has 0 fully saturated rings. The molecule has 0 saturated heterocycles. The van der Waals surface area contributed by atoms with Crippen LogP contribution in [0.15, 0.2) is 6.20 Å². The minimum atomic E-state index is -0.0224. The average molecular weight is 227 g/mol. The summed E-state index contributed by atoms with van der Waals surface area (Å²) in [7, 11) is 1.78. The molecule has 4 nitrogen and oxygen atoms in total. The molecule has 0 radical (unpaired) electrons. The molecule has 0 spiro atoms. The van der Waals surface area contributed by atoms with Gasteiger partial charge in [0.25, 0.3) is 0 Å². The van der Waals surface area contributed by atoms with Crippen LogP contribution in [-0.4, -0.2) is 36.1 Å². The zero-order valence-electron chi connectivity index (χ0n) is 9.41. The lowest BCUT2D eigenvalue weighted by molar-refractivity contribution is 0.211. The number of carbonyl (C=O) groups is 1. The lowest BCUT2D eigenvalue weighted by atomic mass is 10.4. The topological polar surface area (TPSA) is 45.2 Å². The lowest BCUT2D eigenvalue weighted by Crippen LogP contribution is -2.37. The fourth-order valence-corrected chi connectivity index (χ4v) is 1.86. The van der Waals surface area contributed by atoms with Gasteiger partial charge in [-0.3, -0.25) is 0 Å². The molecule has 0 aromatic carbocycles. The Morgan fingerprint density at radius 1 is 1.67 bits per heavy atom. The fourth-order valence-electron chi connectivity index (χ4n) is 1.07. The molecule has 5 heteroatoms. The normalized spacial score (nSPS) is 10.1. The van der Waals surface area contributed by atoms with Gasteiger partial charge in [0, 0.05) is 37.6 Å². The largest absolute Gasteiger partial charge is 0.338 e. The van der Waals surface area contributed by atoms with E-state index in [0.29, 0.717) is 6.54 Å². The molecule has 1 aromatic heterocycles. The molecule has 1 aromatic rings. The minimum absolute atomic E-state index is 0.0224. The summed E-state index contributed by atoms with van der Waals surface area (Å²) in [6.45, 7) is 5.35. The molecule has 0 aliphatic carbocycles. The molecular formula is C10H17N3OS. The van der Waals surface area contributed by atoms with E-state index >= 15 is 0 Å². The molecule has 0 aliphatic rings. The third-order valence-corrected chi connectivity index (χ3v) is 3.08. The molecule has 0 unspecified atom stereocenters. The Kier molecular flexibility index (Phi) is 4.55. The van der Waals surface area contributed by atoms with Crippen molar-refractivity contribution >= 4 is 17.4 Å². The number of aryl methyl sites for hydroxylation is 1. The highest BCUT2D eigenvalue weighted by atomic mass is 32.1. The van der Waals surface area contributed by atoms with Gasteiger partial charge in [-0.15, -0.1) is 11.3 Å². The van der Waals surface area contributed by atoms with Gasteiger partial charge in [0.1, 0.15) is 0 Å². The van der Waals surface area contributed by atoms with Crippen LogP contribution in [0.1, 0.15) is 16.8 Å². The first-order chi connectivity index (χ1) is 7.13. The van der Waals surface area contributed by atoms with Crippen LogP contribution in [0.5, 0.6) is 0 Å². The van der Waals surface area contributed by atoms with Crippen molar-refractivity contribution in [1.82, 2.24) is 15.2 Å². The number of amides is 2. The van der Waals surface area contributed by atoms with E-state index in [-0.39, 0.29) is 6.03 Å². The lowest BCUT2D eigenvalue weighted by Gasteiger charge is -2.14. The number of rotatable bonds is 4. The third kappa shape index (κ3) is 3.87. The van der Waals surface area contributed by atoms with Crippen LogP contribution in [0.2, 0.25) is 0 Å². The van der Waals surface area contributed by atoms with Crippen LogP contribution in [0.3, 0.4) is 0 Å². The molecular weight excluding hydrogens is 210 g/mol. The van der Waals surface area contributed by atoms with Gasteiger partial charge >= 0.3 is 6.03 Å². The highest BCUT2D eigenvalue weighted by Gasteiger charge is 2.05. The van der Waals surface area contributed by atoms with Crippen molar-refractivity contribution in [2.75, 3.05) is 20.1 Å². The second-order valence-electron chi connectivity index (χ2n) is 3.36. The van der Waals surface area contributed by atoms with Gasteiger partial charge in [0.2, 0.25) is 0 Å². The smallest absolute Gasteiger partial charge is 0.317 e. The van der Waals surface area contributed by atoms with Crippen molar-refractivity contribution in [3.63, 3.8) is 0 Å². The molecule has 0 aliphatic heterocycles. The van der Waals surface area contributed by atoms with Crippen LogP contribution >= 0.6 is 11.3 Å². The van der Waals surface area contributed by atoms with Crippen LogP contribution < -0.4 is 5.32 Å². The minimum Gasteiger partial charge on any atom is -0.338 e. The number of nitrogens with one attached hydrogen (secondary N) is 1. The summed E-state index contributed by atoms with van der Waals surface area (Å²) in [6.07, 6.45) is 2.67. The molecule has 0 saturated carbocycles. The summed E-state index contributed by atoms with van der Waals surface area (Å²) in [6, 6.07) is -0.0224. The average Bonchev–Trinajstić information content (AvgIpc) is 2.63. The highest BCUT2D eigenvalue weighted by Crippen LogP contribution is 2.10. The number of nitrogens with zero attached hydrogens (tertiary/aromatic N) is 2. The monoisotopic (exact) mass is 227 g/mol. The predicted octanol–water partition coefficient (Wildman–Crippen LogP) is 1.66. The SMILES string of the molecule is CCN(C)C(=O)NCCc1ncc(C)s1. The maximum absolute atomic E-state index is 11.4. The van der Waals surface area contributed by atoms with E-state index in [4.69, 9.17) is 0 Å². The summed E-state index contributed by atoms with van der Waals surface area (Å²) >= 11 is 1.68. The molecule has 1 rings (SSSR count). The Morgan fingerprint density at radius 2 is 2.40 bits per heavy atom. The van der Waals surface area contributed by atoms with Gasteiger partial charge in [-0.25, -0.2) is 9.78 Å². The van der Waals surface area contributed by atoms with Crippen molar-refractivity contribution in [3.05, 3.63) is 16.1 Å². The maximum atomic E-state index is 11.4. The molecule has 1 heterocycles. The third-order valence-electron chi connectivity index (χ3n) is 2.11. The summed E-state index contributed by atoms with van der Waals surface area (Å²) in [5.41, 5.74) is 0. The molecule has 0 atom stereocenters. The van der Waals surface area contributed by atoms with Crippen LogP contribution in [0, 0.1) is 6.92 Å². The first-order valence-electron chi connectivity index (χ1n) is 5.03. The van der Waals surface area contributed by atoms with E-state index < -0.39 is 0 Å². The number of thiazole rings is 1. The van der Waals surface area contributed by atoms with E-state index in [1.807, 2.05) is 20.0 Å². The fraction of sp³-hybridized carbons (Fsp3) is 0.600. The Morgan fingerprint density at radius 3 is 2.93 bits per heavy atom. The Balaban J connectivity index is 2.24. The van der Waals surface area contributed by atoms with E-state index in [1.165, 1.54) is 4.88 Å². The van der Waals surface area contributed by atoms with Crippen molar-refractivity contribution in [3.8, 4) is 0 Å². The second kappa shape index (κ2) is 5.70. The van der Waals surface area contributed by atoms with Gasteiger partial charge in [0.05, 0.1) is 5.01 Å². The predicted molar refractivity (Wildman–Crippen MR) is 62.3 cm³/mol. The zero-order valence-corrected chi connectivity index (χ0v) is 10.2. The van der Waals surface area contributed by atoms with Gasteiger partial charge < -0.3 is 10.2 Å². The maximum Gasteiger partial charge on any atom is 0.317 e. The second-order valence-corrected chi connectivity index (χ2v) is 4.68. The van der Waals surface area contributed by atoms with E-state index in [1.54, 1.807) is 23.3 Å². The van der Waals surface area contributed by atoms with Crippen molar-refractivity contribution in [1.29, 1.82) is 0 Å². The van der Waals surface area contributed by atoms with E-state index in [0.717, 1.165) is 18.0 Å². The Labute approximate surface area is 94.3 Å². The standard InChI is InChI=1S/C10H17N3OS/c1-4-13(3)10(14)11-6-5-9-12-7-8(2)15-9/h7H,4-6H2,1-3H3,(H,11,14). The Hall–Kier alpha value is -1.10. The number of hydrogen-bond donors (Lipinski definition) is 1. The summed E-state index contributed by atoms with van der Waals surface area (Å²) in [5.74, 6) is 0. The van der Waals surface area contributed by atoms with Crippen LogP contribution in [-0.2, 0) is 6.42 Å². The summed E-state index contributed by atoms with van der Waals surface area (Å²) in [5, 5.41) is 3.92. The number of aromatic nitrogens is 1. The summed E-state index contributed by atoms with van der Waals surface area (Å²) < 4.78 is 0. The molecule has 15 heavy (non-hydrogen) atoms. The van der Waals surface area contributed by atoms with Crippen LogP contribution in [0.4, 0.5) is 4.79 Å². The van der Waals surface area contributed by atoms with E-state index in [2.05, 4.69) is 10.3 Å². The van der Waals surface area contributed by atoms with Gasteiger partial charge in [0.15, 0.2) is 0 Å². The van der Waals surface area contributed by atoms with Crippen molar-refractivity contribution in [2.24, 2.45) is 0 Å².